The van der Waals surface area contributed by atoms with Gasteiger partial charge in [0.05, 0.1) is 11.2 Å². The summed E-state index contributed by atoms with van der Waals surface area (Å²) in [5, 5.41) is 8.49. The van der Waals surface area contributed by atoms with Crippen molar-refractivity contribution in [1.82, 2.24) is 0 Å². The van der Waals surface area contributed by atoms with Crippen molar-refractivity contribution in [1.29, 1.82) is 0 Å². The molecular formula is C26H36N2O6S2. The molecule has 0 fully saturated rings. The maximum atomic E-state index is 12.2. The van der Waals surface area contributed by atoms with Crippen LogP contribution < -0.4 is 0 Å². The van der Waals surface area contributed by atoms with Gasteiger partial charge in [0.15, 0.2) is 0 Å². The summed E-state index contributed by atoms with van der Waals surface area (Å²) < 4.78 is 68.2. The lowest BCUT2D eigenvalue weighted by Crippen LogP contribution is -2.20. The molecule has 0 amide bonds. The molecule has 0 aliphatic rings. The minimum absolute atomic E-state index is 0.127. The first-order chi connectivity index (χ1) is 16.6. The van der Waals surface area contributed by atoms with Crippen LogP contribution in [-0.2, 0) is 25.7 Å². The van der Waals surface area contributed by atoms with Crippen molar-refractivity contribution in [2.75, 3.05) is 0 Å². The molecule has 2 aromatic rings. The van der Waals surface area contributed by atoms with E-state index in [1.54, 1.807) is 18.2 Å². The van der Waals surface area contributed by atoms with Gasteiger partial charge in [0.25, 0.3) is 20.2 Å². The average molecular weight is 537 g/mol. The van der Waals surface area contributed by atoms with Crippen LogP contribution in [0.3, 0.4) is 0 Å². The van der Waals surface area contributed by atoms with Gasteiger partial charge in [-0.25, -0.2) is 0 Å². The molecule has 0 aliphatic carbocycles. The number of nitrogens with zero attached hydrogens (tertiary/aromatic N) is 2. The van der Waals surface area contributed by atoms with Crippen LogP contribution in [0.25, 0.3) is 12.2 Å². The predicted octanol–water partition coefficient (Wildman–Crippen LogP) is 7.09. The quantitative estimate of drug-likeness (QED) is 0.179. The monoisotopic (exact) mass is 536 g/mol. The van der Waals surface area contributed by atoms with Gasteiger partial charge < -0.3 is 0 Å². The SMILES string of the molecule is CCC(C)(CC)N=Nc1ccc(C=Cc2ccc(C(C)(CC)CC)cc2S(=O)(=O)O)c(S(=O)(=O)O)c1. The first-order valence-electron chi connectivity index (χ1n) is 12.0. The van der Waals surface area contributed by atoms with Crippen LogP contribution in [-0.4, -0.2) is 31.5 Å². The second-order valence-corrected chi connectivity index (χ2v) is 12.2. The normalized spacial score (nSPS) is 13.7. The van der Waals surface area contributed by atoms with E-state index in [0.29, 0.717) is 0 Å². The zero-order chi connectivity index (χ0) is 27.4. The minimum atomic E-state index is -4.62. The van der Waals surface area contributed by atoms with Gasteiger partial charge in [-0.15, -0.1) is 0 Å². The van der Waals surface area contributed by atoms with Gasteiger partial charge in [-0.1, -0.05) is 65.0 Å². The predicted molar refractivity (Wildman–Crippen MR) is 143 cm³/mol. The first-order valence-corrected chi connectivity index (χ1v) is 14.8. The molecule has 0 saturated carbocycles. The Morgan fingerprint density at radius 1 is 0.750 bits per heavy atom. The van der Waals surface area contributed by atoms with E-state index < -0.39 is 20.2 Å². The van der Waals surface area contributed by atoms with Gasteiger partial charge in [-0.05, 0) is 72.9 Å². The van der Waals surface area contributed by atoms with Crippen LogP contribution in [0.4, 0.5) is 5.69 Å². The molecule has 2 aromatic carbocycles. The number of hydrogen-bond acceptors (Lipinski definition) is 6. The lowest BCUT2D eigenvalue weighted by atomic mass is 9.78. The van der Waals surface area contributed by atoms with E-state index in [0.717, 1.165) is 31.2 Å². The summed E-state index contributed by atoms with van der Waals surface area (Å²) >= 11 is 0. The third-order valence-corrected chi connectivity index (χ3v) is 9.02. The second-order valence-electron chi connectivity index (χ2n) is 9.43. The highest BCUT2D eigenvalue weighted by atomic mass is 32.2. The van der Waals surface area contributed by atoms with Crippen molar-refractivity contribution in [2.45, 2.75) is 88.0 Å². The van der Waals surface area contributed by atoms with Crippen molar-refractivity contribution < 1.29 is 25.9 Å². The van der Waals surface area contributed by atoms with Crippen LogP contribution in [0.5, 0.6) is 0 Å². The average Bonchev–Trinajstić information content (AvgIpc) is 2.84. The molecule has 2 rings (SSSR count). The molecule has 0 aliphatic heterocycles. The molecule has 0 unspecified atom stereocenters. The van der Waals surface area contributed by atoms with Crippen LogP contribution in [0, 0.1) is 0 Å². The number of rotatable bonds is 11. The molecule has 36 heavy (non-hydrogen) atoms. The summed E-state index contributed by atoms with van der Waals surface area (Å²) in [4.78, 5) is -0.666. The third-order valence-electron chi connectivity index (χ3n) is 7.20. The van der Waals surface area contributed by atoms with Gasteiger partial charge in [-0.3, -0.25) is 9.11 Å². The standard InChI is InChI=1S/C26H36N2O6S2/c1-7-25(5,8-2)21-15-13-19(23(17-21)35(29,30)31)11-12-20-14-16-22(18-24(20)36(32,33)34)27-28-26(6,9-3)10-4/h11-18H,7-10H2,1-6H3,(H,29,30,31)(H,32,33,34). The topological polar surface area (TPSA) is 133 Å². The Labute approximate surface area is 215 Å². The Morgan fingerprint density at radius 2 is 1.22 bits per heavy atom. The Morgan fingerprint density at radius 3 is 1.67 bits per heavy atom. The molecular weight excluding hydrogens is 500 g/mol. The highest BCUT2D eigenvalue weighted by Crippen LogP contribution is 2.34. The van der Waals surface area contributed by atoms with Crippen molar-refractivity contribution in [3.63, 3.8) is 0 Å². The lowest BCUT2D eigenvalue weighted by Gasteiger charge is -2.28. The van der Waals surface area contributed by atoms with Gasteiger partial charge in [0.1, 0.15) is 9.79 Å². The second kappa shape index (κ2) is 11.3. The molecule has 0 heterocycles. The molecule has 198 valence electrons. The Balaban J connectivity index is 2.59. The molecule has 0 atom stereocenters. The van der Waals surface area contributed by atoms with Crippen molar-refractivity contribution in [3.05, 3.63) is 53.1 Å². The molecule has 2 N–H and O–H groups in total. The molecule has 0 aromatic heterocycles. The third kappa shape index (κ3) is 7.09. The van der Waals surface area contributed by atoms with Crippen LogP contribution in [0.2, 0.25) is 0 Å². The fourth-order valence-electron chi connectivity index (χ4n) is 3.62. The van der Waals surface area contributed by atoms with Crippen molar-refractivity contribution in [2.24, 2.45) is 10.2 Å². The fourth-order valence-corrected chi connectivity index (χ4v) is 5.04. The summed E-state index contributed by atoms with van der Waals surface area (Å²) in [5.41, 5.74) is 0.687. The molecule has 0 radical (unpaired) electrons. The van der Waals surface area contributed by atoms with Crippen molar-refractivity contribution >= 4 is 38.1 Å². The van der Waals surface area contributed by atoms with E-state index in [9.17, 15) is 25.9 Å². The van der Waals surface area contributed by atoms with Crippen LogP contribution in [0.1, 0.15) is 83.9 Å². The molecule has 8 nitrogen and oxygen atoms in total. The highest BCUT2D eigenvalue weighted by molar-refractivity contribution is 7.86. The van der Waals surface area contributed by atoms with E-state index in [1.807, 2.05) is 41.5 Å². The van der Waals surface area contributed by atoms with Gasteiger partial charge in [-0.2, -0.15) is 27.1 Å². The maximum Gasteiger partial charge on any atom is 0.295 e. The molecule has 0 spiro atoms. The lowest BCUT2D eigenvalue weighted by molar-refractivity contribution is 0.421. The molecule has 0 saturated heterocycles. The summed E-state index contributed by atoms with van der Waals surface area (Å²) in [6.07, 6.45) is 5.82. The van der Waals surface area contributed by atoms with Crippen LogP contribution in [0.15, 0.2) is 56.4 Å². The largest absolute Gasteiger partial charge is 0.295 e. The van der Waals surface area contributed by atoms with Gasteiger partial charge in [0.2, 0.25) is 0 Å². The smallest absolute Gasteiger partial charge is 0.282 e. The number of hydrogen-bond donors (Lipinski definition) is 2. The maximum absolute atomic E-state index is 12.2. The summed E-state index contributed by atoms with van der Waals surface area (Å²) in [5.74, 6) is 0. The summed E-state index contributed by atoms with van der Waals surface area (Å²) in [6.45, 7) is 12.0. The summed E-state index contributed by atoms with van der Waals surface area (Å²) in [7, 11) is -9.17. The van der Waals surface area contributed by atoms with Crippen LogP contribution >= 0.6 is 0 Å². The molecule has 10 heteroatoms. The Bertz CT molecular complexity index is 1350. The van der Waals surface area contributed by atoms with E-state index in [-0.39, 0.29) is 37.6 Å². The zero-order valence-corrected chi connectivity index (χ0v) is 23.3. The summed E-state index contributed by atoms with van der Waals surface area (Å²) in [6, 6.07) is 9.05. The van der Waals surface area contributed by atoms with E-state index >= 15 is 0 Å². The number of benzene rings is 2. The highest BCUT2D eigenvalue weighted by Gasteiger charge is 2.25. The first kappa shape index (κ1) is 29.8. The van der Waals surface area contributed by atoms with E-state index in [1.165, 1.54) is 30.4 Å². The van der Waals surface area contributed by atoms with E-state index in [4.69, 9.17) is 0 Å². The Hall–Kier alpha value is -2.40. The van der Waals surface area contributed by atoms with E-state index in [2.05, 4.69) is 10.2 Å². The zero-order valence-electron chi connectivity index (χ0n) is 21.7. The molecule has 0 bridgehead atoms. The fraction of sp³-hybridized carbons (Fsp3) is 0.462. The number of azo groups is 1. The Kier molecular flexibility index (Phi) is 9.39. The minimum Gasteiger partial charge on any atom is -0.282 e. The van der Waals surface area contributed by atoms with Gasteiger partial charge >= 0.3 is 0 Å². The van der Waals surface area contributed by atoms with Gasteiger partial charge in [0, 0.05) is 0 Å². The van der Waals surface area contributed by atoms with Crippen molar-refractivity contribution in [3.8, 4) is 0 Å².